The van der Waals surface area contributed by atoms with Crippen molar-refractivity contribution >= 4 is 40.1 Å². The predicted octanol–water partition coefficient (Wildman–Crippen LogP) is 3.28. The molecule has 1 atom stereocenters. The molecule has 2 heterocycles. The summed E-state index contributed by atoms with van der Waals surface area (Å²) in [6.45, 7) is 2.05. The van der Waals surface area contributed by atoms with Crippen molar-refractivity contribution < 1.29 is 9.90 Å². The van der Waals surface area contributed by atoms with E-state index in [0.29, 0.717) is 5.16 Å². The standard InChI is InChI=1S/C14H13N3O2S2/c1-9(13-15-6-7-20-13)17-11-5-3-2-4-10(11)16-14(17)21-8-12(18)19/h2-7,9H,8H2,1H3,(H,18,19). The zero-order chi connectivity index (χ0) is 14.8. The van der Waals surface area contributed by atoms with E-state index in [-0.39, 0.29) is 11.8 Å². The summed E-state index contributed by atoms with van der Waals surface area (Å²) in [4.78, 5) is 19.7. The third kappa shape index (κ3) is 2.79. The number of nitrogens with zero attached hydrogens (tertiary/aromatic N) is 3. The van der Waals surface area contributed by atoms with Gasteiger partial charge in [-0.15, -0.1) is 11.3 Å². The Morgan fingerprint density at radius 2 is 2.29 bits per heavy atom. The molecular formula is C14H13N3O2S2. The number of hydrogen-bond acceptors (Lipinski definition) is 5. The van der Waals surface area contributed by atoms with Crippen LogP contribution >= 0.6 is 23.1 Å². The summed E-state index contributed by atoms with van der Waals surface area (Å²) < 4.78 is 2.06. The van der Waals surface area contributed by atoms with Crippen molar-refractivity contribution in [1.82, 2.24) is 14.5 Å². The summed E-state index contributed by atoms with van der Waals surface area (Å²) in [7, 11) is 0. The first kappa shape index (κ1) is 14.1. The number of aliphatic carboxylic acids is 1. The summed E-state index contributed by atoms with van der Waals surface area (Å²) >= 11 is 2.82. The van der Waals surface area contributed by atoms with Crippen molar-refractivity contribution in [3.63, 3.8) is 0 Å². The zero-order valence-electron chi connectivity index (χ0n) is 11.3. The fourth-order valence-corrected chi connectivity index (χ4v) is 3.67. The number of hydrogen-bond donors (Lipinski definition) is 1. The minimum atomic E-state index is -0.847. The highest BCUT2D eigenvalue weighted by atomic mass is 32.2. The number of benzene rings is 1. The molecule has 1 N–H and O–H groups in total. The molecule has 2 aromatic heterocycles. The van der Waals surface area contributed by atoms with Crippen molar-refractivity contribution in [3.05, 3.63) is 40.8 Å². The van der Waals surface area contributed by atoms with Crippen LogP contribution in [0.15, 0.2) is 41.0 Å². The van der Waals surface area contributed by atoms with Gasteiger partial charge < -0.3 is 9.67 Å². The molecule has 108 valence electrons. The number of carboxylic acids is 1. The van der Waals surface area contributed by atoms with E-state index in [1.807, 2.05) is 29.6 Å². The number of fused-ring (bicyclic) bond motifs is 1. The maximum atomic E-state index is 10.8. The van der Waals surface area contributed by atoms with Crippen LogP contribution in [-0.4, -0.2) is 31.4 Å². The van der Waals surface area contributed by atoms with Crippen LogP contribution in [0.1, 0.15) is 18.0 Å². The lowest BCUT2D eigenvalue weighted by Gasteiger charge is -2.14. The van der Waals surface area contributed by atoms with Gasteiger partial charge in [-0.25, -0.2) is 9.97 Å². The molecule has 5 nitrogen and oxygen atoms in total. The highest BCUT2D eigenvalue weighted by Crippen LogP contribution is 2.31. The Balaban J connectivity index is 2.08. The van der Waals surface area contributed by atoms with Gasteiger partial charge in [0.15, 0.2) is 5.16 Å². The van der Waals surface area contributed by atoms with Crippen molar-refractivity contribution in [2.75, 3.05) is 5.75 Å². The third-order valence-corrected chi connectivity index (χ3v) is 4.97. The number of thioether (sulfide) groups is 1. The molecule has 0 bridgehead atoms. The van der Waals surface area contributed by atoms with Crippen molar-refractivity contribution in [1.29, 1.82) is 0 Å². The number of thiazole rings is 1. The Hall–Kier alpha value is -1.86. The largest absolute Gasteiger partial charge is 0.481 e. The highest BCUT2D eigenvalue weighted by Gasteiger charge is 2.19. The molecular weight excluding hydrogens is 306 g/mol. The first-order valence-electron chi connectivity index (χ1n) is 6.38. The van der Waals surface area contributed by atoms with E-state index in [2.05, 4.69) is 21.5 Å². The number of aromatic nitrogens is 3. The molecule has 1 unspecified atom stereocenters. The van der Waals surface area contributed by atoms with Crippen molar-refractivity contribution in [2.24, 2.45) is 0 Å². The van der Waals surface area contributed by atoms with Gasteiger partial charge in [0.25, 0.3) is 0 Å². The number of imidazole rings is 1. The second kappa shape index (κ2) is 5.87. The fraction of sp³-hybridized carbons (Fsp3) is 0.214. The van der Waals surface area contributed by atoms with Gasteiger partial charge in [-0.05, 0) is 19.1 Å². The lowest BCUT2D eigenvalue weighted by Crippen LogP contribution is -2.09. The van der Waals surface area contributed by atoms with Gasteiger partial charge in [-0.2, -0.15) is 0 Å². The fourth-order valence-electron chi connectivity index (χ4n) is 2.18. The van der Waals surface area contributed by atoms with Crippen LogP contribution < -0.4 is 0 Å². The average molecular weight is 319 g/mol. The predicted molar refractivity (Wildman–Crippen MR) is 84.0 cm³/mol. The molecule has 3 rings (SSSR count). The lowest BCUT2D eigenvalue weighted by atomic mass is 10.3. The molecule has 0 amide bonds. The van der Waals surface area contributed by atoms with Crippen LogP contribution in [0.4, 0.5) is 0 Å². The summed E-state index contributed by atoms with van der Waals surface area (Å²) in [5.74, 6) is -0.853. The first-order valence-corrected chi connectivity index (χ1v) is 8.24. The molecule has 3 aromatic rings. The third-order valence-electron chi connectivity index (χ3n) is 3.08. The maximum Gasteiger partial charge on any atom is 0.313 e. The van der Waals surface area contributed by atoms with Crippen molar-refractivity contribution in [2.45, 2.75) is 18.1 Å². The zero-order valence-corrected chi connectivity index (χ0v) is 12.9. The second-order valence-corrected chi connectivity index (χ2v) is 6.35. The minimum absolute atomic E-state index is 0.00604. The van der Waals surface area contributed by atoms with E-state index in [1.165, 1.54) is 11.8 Å². The smallest absolute Gasteiger partial charge is 0.313 e. The Labute approximate surface area is 129 Å². The Bertz CT molecular complexity index is 768. The average Bonchev–Trinajstić information content (AvgIpc) is 3.11. The van der Waals surface area contributed by atoms with Crippen molar-refractivity contribution in [3.8, 4) is 0 Å². The molecule has 0 fully saturated rings. The van der Waals surface area contributed by atoms with E-state index < -0.39 is 5.97 Å². The molecule has 0 radical (unpaired) electrons. The summed E-state index contributed by atoms with van der Waals surface area (Å²) in [5, 5.41) is 12.5. The van der Waals surface area contributed by atoms with Crippen LogP contribution in [0.5, 0.6) is 0 Å². The molecule has 0 saturated heterocycles. The lowest BCUT2D eigenvalue weighted by molar-refractivity contribution is -0.133. The summed E-state index contributed by atoms with van der Waals surface area (Å²) in [6, 6.07) is 7.84. The molecule has 0 aliphatic carbocycles. The molecule has 0 aliphatic rings. The van der Waals surface area contributed by atoms with Crippen LogP contribution in [0, 0.1) is 0 Å². The normalized spacial score (nSPS) is 12.6. The van der Waals surface area contributed by atoms with Gasteiger partial charge in [0.1, 0.15) is 5.01 Å². The van der Waals surface area contributed by atoms with E-state index in [4.69, 9.17) is 5.11 Å². The van der Waals surface area contributed by atoms with Gasteiger partial charge in [-0.1, -0.05) is 23.9 Å². The van der Waals surface area contributed by atoms with Crippen LogP contribution in [-0.2, 0) is 4.79 Å². The van der Waals surface area contributed by atoms with Gasteiger partial charge in [0.05, 0.1) is 22.8 Å². The number of carbonyl (C=O) groups is 1. The molecule has 21 heavy (non-hydrogen) atoms. The van der Waals surface area contributed by atoms with E-state index in [0.717, 1.165) is 16.0 Å². The van der Waals surface area contributed by atoms with Gasteiger partial charge >= 0.3 is 5.97 Å². The Morgan fingerprint density at radius 3 is 3.00 bits per heavy atom. The topological polar surface area (TPSA) is 68.0 Å². The SMILES string of the molecule is CC(c1nccs1)n1c(SCC(=O)O)nc2ccccc21. The second-order valence-electron chi connectivity index (χ2n) is 4.48. The van der Waals surface area contributed by atoms with Gasteiger partial charge in [0.2, 0.25) is 0 Å². The first-order chi connectivity index (χ1) is 10.2. The summed E-state index contributed by atoms with van der Waals surface area (Å²) in [6.07, 6.45) is 1.78. The minimum Gasteiger partial charge on any atom is -0.481 e. The molecule has 0 aliphatic heterocycles. The molecule has 1 aromatic carbocycles. The monoisotopic (exact) mass is 319 g/mol. The van der Waals surface area contributed by atoms with E-state index >= 15 is 0 Å². The number of para-hydroxylation sites is 2. The molecule has 0 spiro atoms. The highest BCUT2D eigenvalue weighted by molar-refractivity contribution is 7.99. The number of carboxylic acid groups (broad SMARTS) is 1. The molecule has 0 saturated carbocycles. The van der Waals surface area contributed by atoms with E-state index in [1.54, 1.807) is 17.5 Å². The number of rotatable bonds is 5. The molecule has 7 heteroatoms. The van der Waals surface area contributed by atoms with Gasteiger partial charge in [0, 0.05) is 11.6 Å². The van der Waals surface area contributed by atoms with Gasteiger partial charge in [-0.3, -0.25) is 4.79 Å². The quantitative estimate of drug-likeness (QED) is 0.731. The van der Waals surface area contributed by atoms with Crippen LogP contribution in [0.25, 0.3) is 11.0 Å². The summed E-state index contributed by atoms with van der Waals surface area (Å²) in [5.41, 5.74) is 1.86. The Kier molecular flexibility index (Phi) is 3.94. The van der Waals surface area contributed by atoms with Crippen LogP contribution in [0.3, 0.4) is 0 Å². The Morgan fingerprint density at radius 1 is 1.48 bits per heavy atom. The van der Waals surface area contributed by atoms with E-state index in [9.17, 15) is 4.79 Å². The maximum absolute atomic E-state index is 10.8. The van der Waals surface area contributed by atoms with Crippen LogP contribution in [0.2, 0.25) is 0 Å².